The lowest BCUT2D eigenvalue weighted by molar-refractivity contribution is 0.133. The maximum Gasteiger partial charge on any atom is 0.317 e. The normalized spacial score (nSPS) is 25.1. The third-order valence-electron chi connectivity index (χ3n) is 4.86. The van der Waals surface area contributed by atoms with Gasteiger partial charge in [0, 0.05) is 19.1 Å². The van der Waals surface area contributed by atoms with Gasteiger partial charge in [-0.3, -0.25) is 0 Å². The van der Waals surface area contributed by atoms with Gasteiger partial charge in [0.25, 0.3) is 0 Å². The number of urea groups is 1. The number of rotatable bonds is 2. The van der Waals surface area contributed by atoms with E-state index in [1.165, 1.54) is 25.7 Å². The third kappa shape index (κ3) is 3.39. The van der Waals surface area contributed by atoms with Crippen LogP contribution in [0, 0.1) is 5.41 Å². The minimum Gasteiger partial charge on any atom is -0.335 e. The Labute approximate surface area is 111 Å². The molecule has 2 aliphatic rings. The van der Waals surface area contributed by atoms with Crippen molar-refractivity contribution in [2.75, 3.05) is 7.05 Å². The van der Waals surface area contributed by atoms with Gasteiger partial charge in [-0.2, -0.15) is 0 Å². The number of hydrogen-bond donors (Lipinski definition) is 1. The molecule has 0 bridgehead atoms. The second-order valence-corrected chi connectivity index (χ2v) is 6.94. The zero-order valence-corrected chi connectivity index (χ0v) is 12.2. The average Bonchev–Trinajstić information content (AvgIpc) is 2.81. The molecular weight excluding hydrogens is 224 g/mol. The van der Waals surface area contributed by atoms with E-state index in [4.69, 9.17) is 0 Å². The highest BCUT2D eigenvalue weighted by atomic mass is 16.2. The van der Waals surface area contributed by atoms with Gasteiger partial charge in [-0.05, 0) is 43.9 Å². The highest BCUT2D eigenvalue weighted by Crippen LogP contribution is 2.36. The van der Waals surface area contributed by atoms with Gasteiger partial charge in [-0.25, -0.2) is 4.79 Å². The summed E-state index contributed by atoms with van der Waals surface area (Å²) in [5, 5.41) is 3.18. The van der Waals surface area contributed by atoms with Crippen molar-refractivity contribution in [3.63, 3.8) is 0 Å². The highest BCUT2D eigenvalue weighted by molar-refractivity contribution is 5.74. The van der Waals surface area contributed by atoms with E-state index < -0.39 is 0 Å². The number of amides is 2. The second kappa shape index (κ2) is 5.50. The van der Waals surface area contributed by atoms with E-state index in [2.05, 4.69) is 19.2 Å². The van der Waals surface area contributed by atoms with Crippen molar-refractivity contribution in [3.8, 4) is 0 Å². The number of hydrogen-bond acceptors (Lipinski definition) is 1. The molecule has 0 aromatic heterocycles. The molecule has 2 aliphatic carbocycles. The Hall–Kier alpha value is -0.730. The Morgan fingerprint density at radius 1 is 1.11 bits per heavy atom. The molecule has 18 heavy (non-hydrogen) atoms. The van der Waals surface area contributed by atoms with Crippen molar-refractivity contribution < 1.29 is 4.79 Å². The van der Waals surface area contributed by atoms with Crippen LogP contribution in [-0.4, -0.2) is 30.1 Å². The molecule has 0 aromatic rings. The molecule has 0 saturated heterocycles. The Morgan fingerprint density at radius 2 is 1.67 bits per heavy atom. The van der Waals surface area contributed by atoms with Crippen LogP contribution in [0.15, 0.2) is 0 Å². The summed E-state index contributed by atoms with van der Waals surface area (Å²) in [7, 11) is 1.97. The Bertz CT molecular complexity index is 285. The fourth-order valence-corrected chi connectivity index (χ4v) is 3.28. The Morgan fingerprint density at radius 3 is 2.22 bits per heavy atom. The summed E-state index contributed by atoms with van der Waals surface area (Å²) >= 11 is 0. The van der Waals surface area contributed by atoms with Gasteiger partial charge in [0.1, 0.15) is 0 Å². The minimum absolute atomic E-state index is 0.145. The fraction of sp³-hybridized carbons (Fsp3) is 0.933. The molecule has 3 heteroatoms. The summed E-state index contributed by atoms with van der Waals surface area (Å²) in [5.74, 6) is 0. The molecule has 0 unspecified atom stereocenters. The maximum absolute atomic E-state index is 12.2. The minimum atomic E-state index is 0.145. The largest absolute Gasteiger partial charge is 0.335 e. The molecule has 2 fully saturated rings. The Kier molecular flexibility index (Phi) is 4.18. The van der Waals surface area contributed by atoms with E-state index >= 15 is 0 Å². The molecule has 0 spiro atoms. The van der Waals surface area contributed by atoms with Gasteiger partial charge < -0.3 is 10.2 Å². The maximum atomic E-state index is 12.2. The van der Waals surface area contributed by atoms with Gasteiger partial charge in [-0.1, -0.05) is 26.7 Å². The van der Waals surface area contributed by atoms with Gasteiger partial charge in [0.2, 0.25) is 0 Å². The molecule has 0 aromatic carbocycles. The quantitative estimate of drug-likeness (QED) is 0.801. The van der Waals surface area contributed by atoms with Crippen LogP contribution in [0.3, 0.4) is 0 Å². The molecule has 0 radical (unpaired) electrons. The van der Waals surface area contributed by atoms with Crippen LogP contribution in [0.1, 0.15) is 65.2 Å². The van der Waals surface area contributed by atoms with E-state index in [0.29, 0.717) is 17.5 Å². The lowest BCUT2D eigenvalue weighted by atomic mass is 9.75. The van der Waals surface area contributed by atoms with Crippen LogP contribution in [-0.2, 0) is 0 Å². The van der Waals surface area contributed by atoms with Crippen molar-refractivity contribution in [2.24, 2.45) is 5.41 Å². The number of nitrogens with one attached hydrogen (secondary N) is 1. The van der Waals surface area contributed by atoms with Crippen LogP contribution in [0.25, 0.3) is 0 Å². The molecule has 0 aliphatic heterocycles. The first-order valence-electron chi connectivity index (χ1n) is 7.51. The number of nitrogens with zero attached hydrogens (tertiary/aromatic N) is 1. The lowest BCUT2D eigenvalue weighted by Crippen LogP contribution is -2.48. The first-order valence-corrected chi connectivity index (χ1v) is 7.51. The first-order chi connectivity index (χ1) is 8.48. The van der Waals surface area contributed by atoms with Gasteiger partial charge in [0.15, 0.2) is 0 Å². The van der Waals surface area contributed by atoms with E-state index in [0.717, 1.165) is 25.7 Å². The van der Waals surface area contributed by atoms with E-state index in [-0.39, 0.29) is 6.03 Å². The number of carbonyl (C=O) groups is 1. The molecule has 1 N–H and O–H groups in total. The first kappa shape index (κ1) is 13.7. The van der Waals surface area contributed by atoms with Crippen molar-refractivity contribution in [1.29, 1.82) is 0 Å². The van der Waals surface area contributed by atoms with Gasteiger partial charge >= 0.3 is 6.03 Å². The summed E-state index contributed by atoms with van der Waals surface area (Å²) in [5.41, 5.74) is 0.471. The van der Waals surface area contributed by atoms with Gasteiger partial charge in [0.05, 0.1) is 0 Å². The predicted octanol–water partition coefficient (Wildman–Crippen LogP) is 3.54. The van der Waals surface area contributed by atoms with Crippen LogP contribution in [0.4, 0.5) is 4.79 Å². The monoisotopic (exact) mass is 252 g/mol. The molecule has 2 amide bonds. The zero-order valence-electron chi connectivity index (χ0n) is 12.2. The van der Waals surface area contributed by atoms with Crippen LogP contribution >= 0.6 is 0 Å². The van der Waals surface area contributed by atoms with Crippen LogP contribution in [0.2, 0.25) is 0 Å². The van der Waals surface area contributed by atoms with Gasteiger partial charge in [-0.15, -0.1) is 0 Å². The van der Waals surface area contributed by atoms with Crippen LogP contribution < -0.4 is 5.32 Å². The summed E-state index contributed by atoms with van der Waals surface area (Å²) in [6.07, 6.45) is 9.65. The average molecular weight is 252 g/mol. The molecule has 0 atom stereocenters. The molecule has 2 rings (SSSR count). The van der Waals surface area contributed by atoms with E-state index in [9.17, 15) is 4.79 Å². The van der Waals surface area contributed by atoms with Crippen molar-refractivity contribution in [1.82, 2.24) is 10.2 Å². The second-order valence-electron chi connectivity index (χ2n) is 6.94. The molecular formula is C15H28N2O. The standard InChI is InChI=1S/C15H28N2O/c1-15(2)10-8-13(9-11-15)17(3)14(18)16-12-6-4-5-7-12/h12-13H,4-11H2,1-3H3,(H,16,18). The van der Waals surface area contributed by atoms with Crippen molar-refractivity contribution >= 4 is 6.03 Å². The smallest absolute Gasteiger partial charge is 0.317 e. The molecule has 2 saturated carbocycles. The summed E-state index contributed by atoms with van der Waals surface area (Å²) < 4.78 is 0. The van der Waals surface area contributed by atoms with Crippen molar-refractivity contribution in [2.45, 2.75) is 77.3 Å². The van der Waals surface area contributed by atoms with Crippen molar-refractivity contribution in [3.05, 3.63) is 0 Å². The predicted molar refractivity (Wildman–Crippen MR) is 74.6 cm³/mol. The Balaban J connectivity index is 1.79. The summed E-state index contributed by atoms with van der Waals surface area (Å²) in [4.78, 5) is 14.1. The molecule has 0 heterocycles. The SMILES string of the molecule is CN(C(=O)NC1CCCC1)C1CCC(C)(C)CC1. The summed E-state index contributed by atoms with van der Waals surface area (Å²) in [6.45, 7) is 4.67. The topological polar surface area (TPSA) is 32.3 Å². The highest BCUT2D eigenvalue weighted by Gasteiger charge is 2.31. The van der Waals surface area contributed by atoms with E-state index in [1.54, 1.807) is 0 Å². The third-order valence-corrected chi connectivity index (χ3v) is 4.86. The lowest BCUT2D eigenvalue weighted by Gasteiger charge is -2.38. The molecule has 104 valence electrons. The number of carbonyl (C=O) groups excluding carboxylic acids is 1. The molecule has 3 nitrogen and oxygen atoms in total. The fourth-order valence-electron chi connectivity index (χ4n) is 3.28. The van der Waals surface area contributed by atoms with Crippen LogP contribution in [0.5, 0.6) is 0 Å². The van der Waals surface area contributed by atoms with E-state index in [1.807, 2.05) is 11.9 Å². The zero-order chi connectivity index (χ0) is 13.2. The summed E-state index contributed by atoms with van der Waals surface area (Å²) in [6, 6.07) is 1.02.